The number of para-hydroxylation sites is 1. The Kier molecular flexibility index (Phi) is 5.84. The number of nitrogens with two attached hydrogens (primary N) is 1. The molecule has 2 aromatic rings. The molecule has 1 fully saturated rings. The van der Waals surface area contributed by atoms with Gasteiger partial charge in [0.2, 0.25) is 0 Å². The highest BCUT2D eigenvalue weighted by atomic mass is 35.5. The highest BCUT2D eigenvalue weighted by molar-refractivity contribution is 6.35. The lowest BCUT2D eigenvalue weighted by Crippen LogP contribution is -2.54. The number of hydrogen-bond donors (Lipinski definition) is 1. The van der Waals surface area contributed by atoms with E-state index in [4.69, 9.17) is 17.4 Å². The van der Waals surface area contributed by atoms with Crippen LogP contribution in [-0.4, -0.2) is 47.5 Å². The van der Waals surface area contributed by atoms with Crippen molar-refractivity contribution in [3.8, 4) is 0 Å². The van der Waals surface area contributed by atoms with Gasteiger partial charge in [-0.2, -0.15) is 5.12 Å². The largest absolute Gasteiger partial charge is 0.371 e. The fourth-order valence-electron chi connectivity index (χ4n) is 4.00. The summed E-state index contributed by atoms with van der Waals surface area (Å²) in [6.07, 6.45) is 2.28. The van der Waals surface area contributed by atoms with E-state index in [1.165, 1.54) is 11.8 Å². The molecule has 162 valence electrons. The summed E-state index contributed by atoms with van der Waals surface area (Å²) >= 11 is 6.50. The molecule has 0 aromatic heterocycles. The third kappa shape index (κ3) is 4.08. The predicted octanol–water partition coefficient (Wildman–Crippen LogP) is 2.57. The third-order valence-electron chi connectivity index (χ3n) is 5.67. The van der Waals surface area contributed by atoms with Crippen molar-refractivity contribution in [3.05, 3.63) is 58.6 Å². The van der Waals surface area contributed by atoms with Crippen LogP contribution in [0.4, 0.5) is 11.4 Å². The highest BCUT2D eigenvalue weighted by Crippen LogP contribution is 2.31. The molecule has 9 heteroatoms. The zero-order chi connectivity index (χ0) is 22.1. The van der Waals surface area contributed by atoms with Crippen molar-refractivity contribution in [2.24, 2.45) is 5.84 Å². The Morgan fingerprint density at radius 3 is 2.45 bits per heavy atom. The molecule has 0 aliphatic carbocycles. The second-order valence-electron chi connectivity index (χ2n) is 7.69. The minimum Gasteiger partial charge on any atom is -0.371 e. The average molecular weight is 442 g/mol. The number of hydrazine groups is 2. The fourth-order valence-corrected chi connectivity index (χ4v) is 4.26. The Bertz CT molecular complexity index is 1040. The van der Waals surface area contributed by atoms with E-state index in [1.54, 1.807) is 30.3 Å². The van der Waals surface area contributed by atoms with Gasteiger partial charge in [-0.25, -0.2) is 10.9 Å². The van der Waals surface area contributed by atoms with Gasteiger partial charge in [-0.05, 0) is 42.7 Å². The quantitative estimate of drug-likeness (QED) is 0.449. The number of carbonyl (C=O) groups excluding carboxylic acids is 3. The number of benzene rings is 2. The normalized spacial score (nSPS) is 16.2. The summed E-state index contributed by atoms with van der Waals surface area (Å²) in [7, 11) is 0. The molecule has 0 saturated carbocycles. The molecule has 1 saturated heterocycles. The summed E-state index contributed by atoms with van der Waals surface area (Å²) in [6, 6.07) is 12.6. The Balaban J connectivity index is 1.68. The smallest absolute Gasteiger partial charge is 0.262 e. The second kappa shape index (κ2) is 8.56. The summed E-state index contributed by atoms with van der Waals surface area (Å²) in [6.45, 7) is 3.03. The van der Waals surface area contributed by atoms with E-state index in [0.29, 0.717) is 21.8 Å². The number of nitrogens with zero attached hydrogens (tertiary/aromatic N) is 4. The van der Waals surface area contributed by atoms with E-state index in [1.807, 2.05) is 12.1 Å². The molecule has 0 bridgehead atoms. The first kappa shape index (κ1) is 21.1. The summed E-state index contributed by atoms with van der Waals surface area (Å²) in [5, 5.41) is 2.27. The van der Waals surface area contributed by atoms with Crippen LogP contribution in [0.25, 0.3) is 0 Å². The lowest BCUT2D eigenvalue weighted by atomic mass is 10.1. The summed E-state index contributed by atoms with van der Waals surface area (Å²) in [5.41, 5.74) is 2.58. The van der Waals surface area contributed by atoms with Gasteiger partial charge in [0.15, 0.2) is 0 Å². The van der Waals surface area contributed by atoms with Gasteiger partial charge in [0.25, 0.3) is 17.7 Å². The van der Waals surface area contributed by atoms with Crippen molar-refractivity contribution in [1.82, 2.24) is 10.1 Å². The molecule has 4 rings (SSSR count). The predicted molar refractivity (Wildman–Crippen MR) is 118 cm³/mol. The second-order valence-corrected chi connectivity index (χ2v) is 8.10. The van der Waals surface area contributed by atoms with Gasteiger partial charge in [0.1, 0.15) is 6.54 Å². The molecule has 2 aromatic carbocycles. The van der Waals surface area contributed by atoms with Gasteiger partial charge in [0.05, 0.1) is 17.1 Å². The molecular formula is C22H24ClN5O3. The molecule has 0 radical (unpaired) electrons. The molecule has 0 spiro atoms. The maximum Gasteiger partial charge on any atom is 0.262 e. The molecule has 8 nitrogen and oxygen atoms in total. The van der Waals surface area contributed by atoms with Gasteiger partial charge in [-0.15, -0.1) is 0 Å². The van der Waals surface area contributed by atoms with Crippen LogP contribution in [0, 0.1) is 0 Å². The van der Waals surface area contributed by atoms with Gasteiger partial charge in [-0.1, -0.05) is 29.8 Å². The van der Waals surface area contributed by atoms with Gasteiger partial charge in [0, 0.05) is 31.4 Å². The van der Waals surface area contributed by atoms with Gasteiger partial charge < -0.3 is 4.90 Å². The Morgan fingerprint density at radius 1 is 1.06 bits per heavy atom. The SMILES string of the molecule is CC(=O)N(N)N1Cc2ccccc2N(C(=O)c2ccc(N3CCCC3)cc2Cl)CC1=O. The zero-order valence-corrected chi connectivity index (χ0v) is 18.0. The van der Waals surface area contributed by atoms with E-state index in [0.717, 1.165) is 41.7 Å². The summed E-state index contributed by atoms with van der Waals surface area (Å²) in [5.74, 6) is 4.47. The first-order chi connectivity index (χ1) is 14.9. The molecule has 31 heavy (non-hydrogen) atoms. The van der Waals surface area contributed by atoms with Crippen molar-refractivity contribution < 1.29 is 14.4 Å². The number of fused-ring (bicyclic) bond motifs is 1. The number of amides is 3. The summed E-state index contributed by atoms with van der Waals surface area (Å²) < 4.78 is 0. The van der Waals surface area contributed by atoms with Crippen molar-refractivity contribution >= 4 is 40.7 Å². The Morgan fingerprint density at radius 2 is 1.77 bits per heavy atom. The number of halogens is 1. The van der Waals surface area contributed by atoms with Crippen LogP contribution in [0.1, 0.15) is 35.7 Å². The lowest BCUT2D eigenvalue weighted by molar-refractivity contribution is -0.163. The van der Waals surface area contributed by atoms with Crippen LogP contribution in [0.15, 0.2) is 42.5 Å². The average Bonchev–Trinajstić information content (AvgIpc) is 3.25. The van der Waals surface area contributed by atoms with Crippen LogP contribution in [0.3, 0.4) is 0 Å². The molecule has 0 atom stereocenters. The van der Waals surface area contributed by atoms with E-state index in [9.17, 15) is 14.4 Å². The summed E-state index contributed by atoms with van der Waals surface area (Å²) in [4.78, 5) is 41.7. The van der Waals surface area contributed by atoms with Gasteiger partial charge >= 0.3 is 0 Å². The third-order valence-corrected chi connectivity index (χ3v) is 5.98. The first-order valence-corrected chi connectivity index (χ1v) is 10.5. The molecule has 2 aliphatic heterocycles. The van der Waals surface area contributed by atoms with E-state index in [-0.39, 0.29) is 19.0 Å². The highest BCUT2D eigenvalue weighted by Gasteiger charge is 2.33. The molecule has 3 amide bonds. The van der Waals surface area contributed by atoms with E-state index >= 15 is 0 Å². The first-order valence-electron chi connectivity index (χ1n) is 10.2. The maximum atomic E-state index is 13.5. The lowest BCUT2D eigenvalue weighted by Gasteiger charge is -2.29. The zero-order valence-electron chi connectivity index (χ0n) is 17.3. The maximum absolute atomic E-state index is 13.5. The van der Waals surface area contributed by atoms with Crippen LogP contribution < -0.4 is 15.6 Å². The van der Waals surface area contributed by atoms with Crippen molar-refractivity contribution in [2.45, 2.75) is 26.3 Å². The number of hydrogen-bond acceptors (Lipinski definition) is 5. The van der Waals surface area contributed by atoms with Crippen LogP contribution in [-0.2, 0) is 16.1 Å². The molecule has 2 N–H and O–H groups in total. The van der Waals surface area contributed by atoms with Crippen LogP contribution in [0.5, 0.6) is 0 Å². The standard InChI is InChI=1S/C22H24ClN5O3/c1-15(29)28(24)27-13-16-6-2-3-7-20(16)26(14-21(27)30)22(31)18-9-8-17(12-19(18)23)25-10-4-5-11-25/h2-3,6-9,12H,4-5,10-11,13-14,24H2,1H3. The van der Waals surface area contributed by atoms with Crippen molar-refractivity contribution in [2.75, 3.05) is 29.4 Å². The Hall–Kier alpha value is -3.10. The van der Waals surface area contributed by atoms with E-state index in [2.05, 4.69) is 4.90 Å². The molecule has 2 aliphatic rings. The van der Waals surface area contributed by atoms with Crippen molar-refractivity contribution in [1.29, 1.82) is 0 Å². The molecule has 0 unspecified atom stereocenters. The minimum atomic E-state index is -0.480. The van der Waals surface area contributed by atoms with Gasteiger partial charge in [-0.3, -0.25) is 19.3 Å². The molecule has 2 heterocycles. The number of rotatable bonds is 3. The van der Waals surface area contributed by atoms with Crippen molar-refractivity contribution in [3.63, 3.8) is 0 Å². The minimum absolute atomic E-state index is 0.0799. The monoisotopic (exact) mass is 441 g/mol. The number of carbonyl (C=O) groups is 3. The Labute approximate surface area is 185 Å². The number of anilines is 2. The molecular weight excluding hydrogens is 418 g/mol. The fraction of sp³-hybridized carbons (Fsp3) is 0.318. The van der Waals surface area contributed by atoms with Crippen LogP contribution in [0.2, 0.25) is 5.02 Å². The topological polar surface area (TPSA) is 90.2 Å². The van der Waals surface area contributed by atoms with Crippen LogP contribution >= 0.6 is 11.6 Å². The van der Waals surface area contributed by atoms with E-state index < -0.39 is 11.8 Å².